The van der Waals surface area contributed by atoms with E-state index in [1.807, 2.05) is 13.1 Å². The van der Waals surface area contributed by atoms with Gasteiger partial charge in [0.2, 0.25) is 0 Å². The Kier molecular flexibility index (Phi) is 4.06. The van der Waals surface area contributed by atoms with E-state index in [9.17, 15) is 4.79 Å². The van der Waals surface area contributed by atoms with Crippen molar-refractivity contribution >= 4 is 23.1 Å². The Bertz CT molecular complexity index is 566. The normalized spacial score (nSPS) is 12.1. The number of hydrogen-bond donors (Lipinski definition) is 2. The van der Waals surface area contributed by atoms with Gasteiger partial charge in [0.1, 0.15) is 10.8 Å². The van der Waals surface area contributed by atoms with Crippen molar-refractivity contribution in [2.45, 2.75) is 26.3 Å². The molecule has 100 valence electrons. The van der Waals surface area contributed by atoms with Gasteiger partial charge in [-0.2, -0.15) is 0 Å². The number of carbonyl (C=O) groups is 1. The van der Waals surface area contributed by atoms with Crippen molar-refractivity contribution in [3.8, 4) is 0 Å². The standard InChI is InChI=1S/C12H15N5OS/c1-3-8-6-14-12(19-8)7(2)15-10-5-4-9(11(13)18)16-17-10/h4-7H,3H2,1-2H3,(H2,13,18)(H,15,17). The number of amides is 1. The lowest BCUT2D eigenvalue weighted by atomic mass is 10.3. The molecule has 1 amide bonds. The number of rotatable bonds is 5. The third kappa shape index (κ3) is 3.25. The van der Waals surface area contributed by atoms with E-state index in [0.717, 1.165) is 11.4 Å². The summed E-state index contributed by atoms with van der Waals surface area (Å²) in [6.45, 7) is 4.10. The highest BCUT2D eigenvalue weighted by Gasteiger charge is 2.11. The Morgan fingerprint density at radius 3 is 2.79 bits per heavy atom. The number of carbonyl (C=O) groups excluding carboxylic acids is 1. The van der Waals surface area contributed by atoms with Crippen LogP contribution in [0, 0.1) is 0 Å². The maximum atomic E-state index is 10.9. The van der Waals surface area contributed by atoms with Crippen LogP contribution in [0.2, 0.25) is 0 Å². The van der Waals surface area contributed by atoms with Gasteiger partial charge in [-0.25, -0.2) is 4.98 Å². The fourth-order valence-electron chi connectivity index (χ4n) is 1.51. The van der Waals surface area contributed by atoms with Crippen LogP contribution in [0.25, 0.3) is 0 Å². The summed E-state index contributed by atoms with van der Waals surface area (Å²) < 4.78 is 0. The Labute approximate surface area is 115 Å². The molecule has 6 nitrogen and oxygen atoms in total. The predicted octanol–water partition coefficient (Wildman–Crippen LogP) is 1.77. The third-order valence-electron chi connectivity index (χ3n) is 2.57. The fourth-order valence-corrected chi connectivity index (χ4v) is 2.37. The molecule has 1 atom stereocenters. The van der Waals surface area contributed by atoms with E-state index in [1.165, 1.54) is 4.88 Å². The van der Waals surface area contributed by atoms with Crippen LogP contribution in [0.1, 0.15) is 40.3 Å². The van der Waals surface area contributed by atoms with E-state index in [2.05, 4.69) is 27.4 Å². The molecule has 2 rings (SSSR count). The minimum atomic E-state index is -0.584. The minimum absolute atomic E-state index is 0.0408. The molecule has 0 aliphatic heterocycles. The lowest BCUT2D eigenvalue weighted by Gasteiger charge is -2.11. The van der Waals surface area contributed by atoms with Crippen LogP contribution in [0.5, 0.6) is 0 Å². The van der Waals surface area contributed by atoms with Crippen LogP contribution in [-0.2, 0) is 6.42 Å². The summed E-state index contributed by atoms with van der Waals surface area (Å²) >= 11 is 1.67. The predicted molar refractivity (Wildman–Crippen MR) is 74.1 cm³/mol. The molecule has 0 spiro atoms. The first-order valence-electron chi connectivity index (χ1n) is 5.94. The van der Waals surface area contributed by atoms with Crippen molar-refractivity contribution < 1.29 is 4.79 Å². The van der Waals surface area contributed by atoms with Gasteiger partial charge in [-0.05, 0) is 25.5 Å². The molecule has 2 aromatic heterocycles. The number of hydrogen-bond acceptors (Lipinski definition) is 6. The third-order valence-corrected chi connectivity index (χ3v) is 3.90. The smallest absolute Gasteiger partial charge is 0.269 e. The average Bonchev–Trinajstić information content (AvgIpc) is 2.88. The second kappa shape index (κ2) is 5.75. The number of anilines is 1. The molecule has 7 heteroatoms. The minimum Gasteiger partial charge on any atom is -0.364 e. The van der Waals surface area contributed by atoms with E-state index in [-0.39, 0.29) is 11.7 Å². The quantitative estimate of drug-likeness (QED) is 0.868. The molecule has 0 saturated carbocycles. The molecule has 19 heavy (non-hydrogen) atoms. The summed E-state index contributed by atoms with van der Waals surface area (Å²) in [5.41, 5.74) is 5.26. The van der Waals surface area contributed by atoms with Gasteiger partial charge in [-0.1, -0.05) is 6.92 Å². The molecule has 0 fully saturated rings. The maximum absolute atomic E-state index is 10.9. The molecule has 0 aliphatic carbocycles. The lowest BCUT2D eigenvalue weighted by molar-refractivity contribution is 0.0994. The summed E-state index contributed by atoms with van der Waals surface area (Å²) in [5, 5.41) is 11.8. The first kappa shape index (κ1) is 13.4. The Hall–Kier alpha value is -2.02. The van der Waals surface area contributed by atoms with Crippen LogP contribution < -0.4 is 11.1 Å². The van der Waals surface area contributed by atoms with Crippen LogP contribution in [-0.4, -0.2) is 21.1 Å². The molecule has 2 heterocycles. The molecule has 0 bridgehead atoms. The molecule has 0 aromatic carbocycles. The summed E-state index contributed by atoms with van der Waals surface area (Å²) in [5.74, 6) is 0.00496. The molecular weight excluding hydrogens is 262 g/mol. The van der Waals surface area contributed by atoms with Gasteiger partial charge in [0.15, 0.2) is 5.69 Å². The summed E-state index contributed by atoms with van der Waals surface area (Å²) in [6.07, 6.45) is 2.87. The Morgan fingerprint density at radius 2 is 2.26 bits per heavy atom. The van der Waals surface area contributed by atoms with Crippen LogP contribution in [0.15, 0.2) is 18.3 Å². The van der Waals surface area contributed by atoms with Crippen molar-refractivity contribution in [2.24, 2.45) is 5.73 Å². The SMILES string of the molecule is CCc1cnc(C(C)Nc2ccc(C(N)=O)nn2)s1. The van der Waals surface area contributed by atoms with Gasteiger partial charge in [0, 0.05) is 11.1 Å². The summed E-state index contributed by atoms with van der Waals surface area (Å²) in [4.78, 5) is 16.5. The number of nitrogens with zero attached hydrogens (tertiary/aromatic N) is 3. The van der Waals surface area contributed by atoms with Crippen molar-refractivity contribution in [2.75, 3.05) is 5.32 Å². The van der Waals surface area contributed by atoms with E-state index in [4.69, 9.17) is 5.73 Å². The van der Waals surface area contributed by atoms with Crippen molar-refractivity contribution in [1.29, 1.82) is 0 Å². The molecule has 0 aliphatic rings. The zero-order chi connectivity index (χ0) is 13.8. The summed E-state index contributed by atoms with van der Waals surface area (Å²) in [7, 11) is 0. The van der Waals surface area contributed by atoms with Crippen LogP contribution in [0.3, 0.4) is 0 Å². The van der Waals surface area contributed by atoms with Crippen LogP contribution in [0.4, 0.5) is 5.82 Å². The number of nitrogens with one attached hydrogen (secondary N) is 1. The van der Waals surface area contributed by atoms with E-state index in [0.29, 0.717) is 5.82 Å². The first-order valence-corrected chi connectivity index (χ1v) is 6.76. The first-order chi connectivity index (χ1) is 9.10. The van der Waals surface area contributed by atoms with E-state index >= 15 is 0 Å². The number of nitrogens with two attached hydrogens (primary N) is 1. The average molecular weight is 277 g/mol. The lowest BCUT2D eigenvalue weighted by Crippen LogP contribution is -2.15. The summed E-state index contributed by atoms with van der Waals surface area (Å²) in [6, 6.07) is 3.26. The second-order valence-corrected chi connectivity index (χ2v) is 5.20. The fraction of sp³-hybridized carbons (Fsp3) is 0.333. The maximum Gasteiger partial charge on any atom is 0.269 e. The zero-order valence-corrected chi connectivity index (χ0v) is 11.6. The molecular formula is C12H15N5OS. The Balaban J connectivity index is 2.05. The second-order valence-electron chi connectivity index (χ2n) is 4.05. The largest absolute Gasteiger partial charge is 0.364 e. The van der Waals surface area contributed by atoms with Gasteiger partial charge >= 0.3 is 0 Å². The zero-order valence-electron chi connectivity index (χ0n) is 10.8. The Morgan fingerprint density at radius 1 is 1.47 bits per heavy atom. The van der Waals surface area contributed by atoms with Gasteiger partial charge in [-0.3, -0.25) is 4.79 Å². The van der Waals surface area contributed by atoms with Crippen molar-refractivity contribution in [3.63, 3.8) is 0 Å². The van der Waals surface area contributed by atoms with Crippen LogP contribution >= 0.6 is 11.3 Å². The number of aromatic nitrogens is 3. The molecule has 3 N–H and O–H groups in total. The number of thiazole rings is 1. The topological polar surface area (TPSA) is 93.8 Å². The molecule has 1 unspecified atom stereocenters. The monoisotopic (exact) mass is 277 g/mol. The molecule has 0 saturated heterocycles. The van der Waals surface area contributed by atoms with Gasteiger partial charge in [-0.15, -0.1) is 21.5 Å². The molecule has 0 radical (unpaired) electrons. The number of aryl methyl sites for hydroxylation is 1. The van der Waals surface area contributed by atoms with Gasteiger partial charge < -0.3 is 11.1 Å². The highest BCUT2D eigenvalue weighted by molar-refractivity contribution is 7.11. The number of primary amides is 1. The van der Waals surface area contributed by atoms with Gasteiger partial charge in [0.05, 0.1) is 6.04 Å². The van der Waals surface area contributed by atoms with Crippen molar-refractivity contribution in [3.05, 3.63) is 33.9 Å². The highest BCUT2D eigenvalue weighted by atomic mass is 32.1. The van der Waals surface area contributed by atoms with Gasteiger partial charge in [0.25, 0.3) is 5.91 Å². The highest BCUT2D eigenvalue weighted by Crippen LogP contribution is 2.22. The van der Waals surface area contributed by atoms with Crippen molar-refractivity contribution in [1.82, 2.24) is 15.2 Å². The van der Waals surface area contributed by atoms with E-state index < -0.39 is 5.91 Å². The van der Waals surface area contributed by atoms with E-state index in [1.54, 1.807) is 23.5 Å². The molecule has 2 aromatic rings.